The van der Waals surface area contributed by atoms with E-state index in [4.69, 9.17) is 5.73 Å². The van der Waals surface area contributed by atoms with Crippen LogP contribution < -0.4 is 10.6 Å². The molecule has 1 amide bonds. The van der Waals surface area contributed by atoms with E-state index in [1.54, 1.807) is 0 Å². The van der Waals surface area contributed by atoms with Crippen LogP contribution in [0.1, 0.15) is 31.7 Å². The third kappa shape index (κ3) is 3.19. The minimum Gasteiger partial charge on any atom is -0.399 e. The molecule has 2 rings (SSSR count). The first-order chi connectivity index (χ1) is 9.02. The van der Waals surface area contributed by atoms with E-state index in [-0.39, 0.29) is 5.91 Å². The maximum atomic E-state index is 12.0. The summed E-state index contributed by atoms with van der Waals surface area (Å²) in [5, 5.41) is 0. The van der Waals surface area contributed by atoms with Crippen molar-refractivity contribution in [3.8, 4) is 0 Å². The molecule has 4 heteroatoms. The summed E-state index contributed by atoms with van der Waals surface area (Å²) in [5.41, 5.74) is 8.88. The number of carbonyl (C=O) groups is 1. The summed E-state index contributed by atoms with van der Waals surface area (Å²) in [5.74, 6) is 0.231. The Hall–Kier alpha value is -1.71. The third-order valence-electron chi connectivity index (χ3n) is 3.54. The van der Waals surface area contributed by atoms with Crippen LogP contribution in [-0.4, -0.2) is 30.9 Å². The molecule has 1 aromatic carbocycles. The van der Waals surface area contributed by atoms with E-state index in [2.05, 4.69) is 4.90 Å². The van der Waals surface area contributed by atoms with Crippen molar-refractivity contribution in [3.63, 3.8) is 0 Å². The van der Waals surface area contributed by atoms with Gasteiger partial charge in [-0.3, -0.25) is 4.79 Å². The molecule has 0 spiro atoms. The second kappa shape index (κ2) is 5.51. The summed E-state index contributed by atoms with van der Waals surface area (Å²) in [6, 6.07) is 6.34. The lowest BCUT2D eigenvalue weighted by molar-refractivity contribution is -0.132. The first kappa shape index (κ1) is 13.7. The topological polar surface area (TPSA) is 49.6 Å². The Labute approximate surface area is 115 Å². The van der Waals surface area contributed by atoms with Crippen LogP contribution in [0.5, 0.6) is 0 Å². The molecule has 2 N–H and O–H groups in total. The highest BCUT2D eigenvalue weighted by molar-refractivity contribution is 5.77. The lowest BCUT2D eigenvalue weighted by Gasteiger charge is -2.25. The average Bonchev–Trinajstić information content (AvgIpc) is 3.19. The van der Waals surface area contributed by atoms with Crippen molar-refractivity contribution in [2.75, 3.05) is 24.7 Å². The number of rotatable bonds is 5. The Kier molecular flexibility index (Phi) is 3.98. The molecule has 1 aromatic rings. The Morgan fingerprint density at radius 1 is 1.37 bits per heavy atom. The quantitative estimate of drug-likeness (QED) is 0.827. The standard InChI is InChI=1S/C15H23N3O/c1-4-15(19)18(13-6-7-13)10-11-9-12(16)5-8-14(11)17(2)3/h5,8-9,13H,4,6-7,10,16H2,1-3H3. The molecule has 0 bridgehead atoms. The van der Waals surface area contributed by atoms with Crippen molar-refractivity contribution in [2.24, 2.45) is 0 Å². The first-order valence-electron chi connectivity index (χ1n) is 6.88. The van der Waals surface area contributed by atoms with E-state index in [9.17, 15) is 4.79 Å². The fraction of sp³-hybridized carbons (Fsp3) is 0.533. The highest BCUT2D eigenvalue weighted by Crippen LogP contribution is 2.31. The highest BCUT2D eigenvalue weighted by Gasteiger charge is 2.32. The summed E-state index contributed by atoms with van der Waals surface area (Å²) >= 11 is 0. The van der Waals surface area contributed by atoms with Gasteiger partial charge in [-0.15, -0.1) is 0 Å². The zero-order chi connectivity index (χ0) is 14.0. The van der Waals surface area contributed by atoms with Gasteiger partial charge in [-0.2, -0.15) is 0 Å². The second-order valence-corrected chi connectivity index (χ2v) is 5.39. The summed E-state index contributed by atoms with van der Waals surface area (Å²) in [6.45, 7) is 2.58. The first-order valence-corrected chi connectivity index (χ1v) is 6.88. The predicted molar refractivity (Wildman–Crippen MR) is 79.0 cm³/mol. The Morgan fingerprint density at radius 2 is 2.05 bits per heavy atom. The molecule has 0 heterocycles. The number of nitrogen functional groups attached to an aromatic ring is 1. The van der Waals surface area contributed by atoms with E-state index in [1.165, 1.54) is 0 Å². The molecule has 1 fully saturated rings. The minimum absolute atomic E-state index is 0.231. The van der Waals surface area contributed by atoms with Crippen LogP contribution in [0.15, 0.2) is 18.2 Å². The zero-order valence-electron chi connectivity index (χ0n) is 12.0. The van der Waals surface area contributed by atoms with Crippen molar-refractivity contribution in [2.45, 2.75) is 38.8 Å². The summed E-state index contributed by atoms with van der Waals surface area (Å²) in [6.07, 6.45) is 2.83. The van der Waals surface area contributed by atoms with Crippen molar-refractivity contribution < 1.29 is 4.79 Å². The maximum Gasteiger partial charge on any atom is 0.222 e. The van der Waals surface area contributed by atoms with Crippen molar-refractivity contribution in [1.29, 1.82) is 0 Å². The molecular formula is C15H23N3O. The van der Waals surface area contributed by atoms with Crippen molar-refractivity contribution >= 4 is 17.3 Å². The number of anilines is 2. The molecular weight excluding hydrogens is 238 g/mol. The lowest BCUT2D eigenvalue weighted by atomic mass is 10.1. The number of benzene rings is 1. The number of hydrogen-bond donors (Lipinski definition) is 1. The van der Waals surface area contributed by atoms with Gasteiger partial charge in [-0.05, 0) is 36.6 Å². The molecule has 4 nitrogen and oxygen atoms in total. The number of amides is 1. The lowest BCUT2D eigenvalue weighted by Crippen LogP contribution is -2.32. The van der Waals surface area contributed by atoms with Gasteiger partial charge in [-0.25, -0.2) is 0 Å². The zero-order valence-corrected chi connectivity index (χ0v) is 12.0. The second-order valence-electron chi connectivity index (χ2n) is 5.39. The fourth-order valence-corrected chi connectivity index (χ4v) is 2.36. The molecule has 19 heavy (non-hydrogen) atoms. The summed E-state index contributed by atoms with van der Waals surface area (Å²) < 4.78 is 0. The van der Waals surface area contributed by atoms with Gasteiger partial charge >= 0.3 is 0 Å². The smallest absolute Gasteiger partial charge is 0.222 e. The van der Waals surface area contributed by atoms with Crippen LogP contribution in [0, 0.1) is 0 Å². The molecule has 0 unspecified atom stereocenters. The third-order valence-corrected chi connectivity index (χ3v) is 3.54. The molecule has 0 atom stereocenters. The van der Waals surface area contributed by atoms with E-state index in [1.807, 2.05) is 44.1 Å². The van der Waals surface area contributed by atoms with E-state index in [0.29, 0.717) is 19.0 Å². The van der Waals surface area contributed by atoms with Crippen LogP contribution in [0.4, 0.5) is 11.4 Å². The van der Waals surface area contributed by atoms with Gasteiger partial charge in [0.25, 0.3) is 0 Å². The van der Waals surface area contributed by atoms with Gasteiger partial charge in [0.1, 0.15) is 0 Å². The van der Waals surface area contributed by atoms with Gasteiger partial charge in [0, 0.05) is 44.5 Å². The Morgan fingerprint density at radius 3 is 2.58 bits per heavy atom. The van der Waals surface area contributed by atoms with Crippen LogP contribution in [0.25, 0.3) is 0 Å². The molecule has 104 valence electrons. The van der Waals surface area contributed by atoms with Gasteiger partial charge in [-0.1, -0.05) is 6.92 Å². The SMILES string of the molecule is CCC(=O)N(Cc1cc(N)ccc1N(C)C)C1CC1. The summed E-state index contributed by atoms with van der Waals surface area (Å²) in [7, 11) is 4.02. The number of carbonyl (C=O) groups excluding carboxylic acids is 1. The molecule has 1 aliphatic carbocycles. The molecule has 1 saturated carbocycles. The van der Waals surface area contributed by atoms with Crippen molar-refractivity contribution in [3.05, 3.63) is 23.8 Å². The molecule has 0 saturated heterocycles. The molecule has 0 aliphatic heterocycles. The summed E-state index contributed by atoms with van der Waals surface area (Å²) in [4.78, 5) is 16.1. The molecule has 0 aromatic heterocycles. The monoisotopic (exact) mass is 261 g/mol. The average molecular weight is 261 g/mol. The van der Waals surface area contributed by atoms with Gasteiger partial charge < -0.3 is 15.5 Å². The van der Waals surface area contributed by atoms with Crippen LogP contribution >= 0.6 is 0 Å². The van der Waals surface area contributed by atoms with Crippen LogP contribution in [0.3, 0.4) is 0 Å². The van der Waals surface area contributed by atoms with Gasteiger partial charge in [0.2, 0.25) is 5.91 Å². The van der Waals surface area contributed by atoms with Gasteiger partial charge in [0.15, 0.2) is 0 Å². The largest absolute Gasteiger partial charge is 0.399 e. The normalized spacial score (nSPS) is 14.3. The fourth-order valence-electron chi connectivity index (χ4n) is 2.36. The number of nitrogens with zero attached hydrogens (tertiary/aromatic N) is 2. The van der Waals surface area contributed by atoms with E-state index in [0.717, 1.165) is 29.8 Å². The van der Waals surface area contributed by atoms with Crippen LogP contribution in [0.2, 0.25) is 0 Å². The molecule has 0 radical (unpaired) electrons. The van der Waals surface area contributed by atoms with Crippen molar-refractivity contribution in [1.82, 2.24) is 4.90 Å². The maximum absolute atomic E-state index is 12.0. The Balaban J connectivity index is 2.25. The minimum atomic E-state index is 0.231. The van der Waals surface area contributed by atoms with Gasteiger partial charge in [0.05, 0.1) is 0 Å². The predicted octanol–water partition coefficient (Wildman–Crippen LogP) is 2.24. The van der Waals surface area contributed by atoms with E-state index >= 15 is 0 Å². The number of hydrogen-bond acceptors (Lipinski definition) is 3. The molecule has 1 aliphatic rings. The van der Waals surface area contributed by atoms with Crippen LogP contribution in [-0.2, 0) is 11.3 Å². The Bertz CT molecular complexity index is 466. The number of nitrogens with two attached hydrogens (primary N) is 1. The highest BCUT2D eigenvalue weighted by atomic mass is 16.2. The van der Waals surface area contributed by atoms with E-state index < -0.39 is 0 Å².